The Balaban J connectivity index is 1.51. The van der Waals surface area contributed by atoms with Crippen LogP contribution in [0.1, 0.15) is 29.3 Å². The zero-order valence-corrected chi connectivity index (χ0v) is 22.0. The van der Waals surface area contributed by atoms with Crippen LogP contribution in [-0.4, -0.2) is 38.2 Å². The van der Waals surface area contributed by atoms with Crippen molar-refractivity contribution in [1.29, 1.82) is 0 Å². The molecule has 2 N–H and O–H groups in total. The molecule has 1 aromatic heterocycles. The predicted molar refractivity (Wildman–Crippen MR) is 142 cm³/mol. The Morgan fingerprint density at radius 2 is 1.71 bits per heavy atom. The van der Waals surface area contributed by atoms with Crippen molar-refractivity contribution in [2.75, 3.05) is 14.2 Å². The maximum atomic E-state index is 13.2. The third-order valence-corrected chi connectivity index (χ3v) is 8.29. The molecule has 38 heavy (non-hydrogen) atoms. The fraction of sp³-hybridized carbons (Fsp3) is 0.214. The van der Waals surface area contributed by atoms with E-state index in [1.54, 1.807) is 57.8 Å². The number of aromatic nitrogens is 2. The highest BCUT2D eigenvalue weighted by atomic mass is 32.2. The Hall–Kier alpha value is -4.31. The van der Waals surface area contributed by atoms with Gasteiger partial charge in [0.15, 0.2) is 11.5 Å². The molecular weight excluding hydrogens is 504 g/mol. The maximum Gasteiger partial charge on any atom is 0.329 e. The van der Waals surface area contributed by atoms with Gasteiger partial charge >= 0.3 is 6.03 Å². The first kappa shape index (κ1) is 25.3. The van der Waals surface area contributed by atoms with Gasteiger partial charge in [0.2, 0.25) is 0 Å². The summed E-state index contributed by atoms with van der Waals surface area (Å²) < 4.78 is 40.9. The highest BCUT2D eigenvalue weighted by molar-refractivity contribution is 7.90. The summed E-state index contributed by atoms with van der Waals surface area (Å²) in [4.78, 5) is 17.9. The number of benzene rings is 3. The van der Waals surface area contributed by atoms with Crippen molar-refractivity contribution in [3.63, 3.8) is 0 Å². The summed E-state index contributed by atoms with van der Waals surface area (Å²) in [6.45, 7) is 1.68. The molecule has 196 valence electrons. The summed E-state index contributed by atoms with van der Waals surface area (Å²) in [6, 6.07) is 20.9. The molecule has 0 radical (unpaired) electrons. The number of nitrogens with one attached hydrogen (secondary N) is 2. The molecule has 1 fully saturated rings. The molecule has 0 saturated heterocycles. The number of urea groups is 1. The molecule has 2 atom stereocenters. The van der Waals surface area contributed by atoms with Gasteiger partial charge in [-0.2, -0.15) is 0 Å². The van der Waals surface area contributed by atoms with E-state index in [9.17, 15) is 13.2 Å². The van der Waals surface area contributed by atoms with Crippen LogP contribution in [0.4, 0.5) is 4.79 Å². The first-order valence-corrected chi connectivity index (χ1v) is 13.5. The van der Waals surface area contributed by atoms with Crippen molar-refractivity contribution < 1.29 is 22.7 Å². The minimum Gasteiger partial charge on any atom is -0.493 e. The number of nitrogens with zero attached hydrogens (tertiary/aromatic N) is 2. The summed E-state index contributed by atoms with van der Waals surface area (Å²) in [5.74, 6) is 1.59. The number of ether oxygens (including phenoxy) is 2. The summed E-state index contributed by atoms with van der Waals surface area (Å²) in [6.07, 6.45) is 3.99. The molecule has 3 aromatic carbocycles. The van der Waals surface area contributed by atoms with Crippen LogP contribution in [0.15, 0.2) is 90.1 Å². The fourth-order valence-corrected chi connectivity index (χ4v) is 6.03. The lowest BCUT2D eigenvalue weighted by Gasteiger charge is -2.22. The summed E-state index contributed by atoms with van der Waals surface area (Å²) >= 11 is 0. The lowest BCUT2D eigenvalue weighted by molar-refractivity contribution is 0.239. The molecule has 4 aromatic rings. The van der Waals surface area contributed by atoms with Gasteiger partial charge in [-0.3, -0.25) is 0 Å². The van der Waals surface area contributed by atoms with E-state index in [-0.39, 0.29) is 10.8 Å². The minimum atomic E-state index is -4.08. The largest absolute Gasteiger partial charge is 0.493 e. The highest BCUT2D eigenvalue weighted by Gasteiger charge is 2.60. The van der Waals surface area contributed by atoms with E-state index in [1.165, 1.54) is 6.07 Å². The number of methoxy groups -OCH3 is 2. The quantitative estimate of drug-likeness (QED) is 0.351. The molecule has 1 saturated carbocycles. The first-order valence-electron chi connectivity index (χ1n) is 12.0. The van der Waals surface area contributed by atoms with E-state index < -0.39 is 21.6 Å². The lowest BCUT2D eigenvalue weighted by atomic mass is 10.1. The number of carbonyl (C=O) groups excluding carboxylic acids is 1. The molecule has 5 rings (SSSR count). The molecular formula is C28H28N4O5S. The van der Waals surface area contributed by atoms with E-state index >= 15 is 0 Å². The summed E-state index contributed by atoms with van der Waals surface area (Å²) in [7, 11) is -0.957. The van der Waals surface area contributed by atoms with Crippen LogP contribution in [-0.2, 0) is 15.6 Å². The Bertz CT molecular complexity index is 1590. The second-order valence-corrected chi connectivity index (χ2v) is 10.8. The normalized spacial score (nSPS) is 18.4. The van der Waals surface area contributed by atoms with Gasteiger partial charge in [0.25, 0.3) is 10.0 Å². The summed E-state index contributed by atoms with van der Waals surface area (Å²) in [5, 5.41) is 2.96. The second kappa shape index (κ2) is 9.86. The van der Waals surface area contributed by atoms with Crippen LogP contribution in [0.2, 0.25) is 0 Å². The Labute approximate surface area is 221 Å². The van der Waals surface area contributed by atoms with E-state index in [0.717, 1.165) is 11.3 Å². The number of aryl methyl sites for hydroxylation is 1. The highest BCUT2D eigenvalue weighted by Crippen LogP contribution is 2.58. The number of hydrogen-bond donors (Lipinski definition) is 2. The van der Waals surface area contributed by atoms with Crippen LogP contribution in [0.3, 0.4) is 0 Å². The van der Waals surface area contributed by atoms with Gasteiger partial charge in [-0.25, -0.2) is 22.9 Å². The van der Waals surface area contributed by atoms with Gasteiger partial charge in [-0.05, 0) is 42.7 Å². The molecule has 9 nitrogen and oxygen atoms in total. The zero-order chi connectivity index (χ0) is 26.9. The molecule has 1 heterocycles. The van der Waals surface area contributed by atoms with Crippen molar-refractivity contribution in [3.8, 4) is 17.2 Å². The van der Waals surface area contributed by atoms with Crippen molar-refractivity contribution >= 4 is 16.1 Å². The number of hydrogen-bond acceptors (Lipinski definition) is 6. The van der Waals surface area contributed by atoms with Crippen LogP contribution in [0.25, 0.3) is 5.69 Å². The van der Waals surface area contributed by atoms with Crippen molar-refractivity contribution in [3.05, 3.63) is 102 Å². The summed E-state index contributed by atoms with van der Waals surface area (Å²) in [5.41, 5.74) is 1.36. The van der Waals surface area contributed by atoms with Crippen LogP contribution < -0.4 is 19.5 Å². The van der Waals surface area contributed by atoms with E-state index in [1.807, 2.05) is 47.0 Å². The molecule has 10 heteroatoms. The first-order chi connectivity index (χ1) is 18.3. The van der Waals surface area contributed by atoms with Crippen molar-refractivity contribution in [2.24, 2.45) is 0 Å². The molecule has 1 aliphatic rings. The standard InChI is InChI=1S/C28H28N4O5S/c1-19-9-7-8-12-25(19)38(34,35)31-27(33)30-28(18-22(28)20-10-5-4-6-11-20)26-29-15-16-32(26)21-13-14-23(36-2)24(17-21)37-3/h4-17,22H,18H2,1-3H3,(H2,30,31,33). The number of carbonyl (C=O) groups is 1. The second-order valence-electron chi connectivity index (χ2n) is 9.12. The minimum absolute atomic E-state index is 0.0476. The third kappa shape index (κ3) is 4.58. The van der Waals surface area contributed by atoms with Crippen molar-refractivity contribution in [2.45, 2.75) is 29.7 Å². The van der Waals surface area contributed by atoms with Gasteiger partial charge in [0.1, 0.15) is 11.4 Å². The number of rotatable bonds is 8. The fourth-order valence-electron chi connectivity index (χ4n) is 4.87. The monoisotopic (exact) mass is 532 g/mol. The SMILES string of the molecule is COc1ccc(-n2ccnc2C2(NC(=O)NS(=O)(=O)c3ccccc3C)CC2c2ccccc2)cc1OC. The van der Waals surface area contributed by atoms with Crippen LogP contribution in [0.5, 0.6) is 11.5 Å². The van der Waals surface area contributed by atoms with Gasteiger partial charge in [0, 0.05) is 24.4 Å². The van der Waals surface area contributed by atoms with Gasteiger partial charge in [-0.1, -0.05) is 48.5 Å². The van der Waals surface area contributed by atoms with Crippen LogP contribution in [0, 0.1) is 6.92 Å². The lowest BCUT2D eigenvalue weighted by Crippen LogP contribution is -2.46. The number of amides is 2. The average molecular weight is 533 g/mol. The Morgan fingerprint density at radius 1 is 1.00 bits per heavy atom. The van der Waals surface area contributed by atoms with Crippen LogP contribution >= 0.6 is 0 Å². The third-order valence-electron chi connectivity index (χ3n) is 6.79. The Kier molecular flexibility index (Phi) is 6.58. The molecule has 2 amide bonds. The number of sulfonamides is 1. The molecule has 0 bridgehead atoms. The maximum absolute atomic E-state index is 13.2. The molecule has 0 spiro atoms. The van der Waals surface area contributed by atoms with E-state index in [0.29, 0.717) is 29.3 Å². The van der Waals surface area contributed by atoms with E-state index in [4.69, 9.17) is 9.47 Å². The zero-order valence-electron chi connectivity index (χ0n) is 21.2. The van der Waals surface area contributed by atoms with Gasteiger partial charge in [0.05, 0.1) is 24.8 Å². The average Bonchev–Trinajstić information content (AvgIpc) is 3.40. The predicted octanol–water partition coefficient (Wildman–Crippen LogP) is 4.27. The molecule has 1 aliphatic carbocycles. The smallest absolute Gasteiger partial charge is 0.329 e. The molecule has 0 aliphatic heterocycles. The van der Waals surface area contributed by atoms with E-state index in [2.05, 4.69) is 15.0 Å². The van der Waals surface area contributed by atoms with Gasteiger partial charge < -0.3 is 19.4 Å². The molecule has 2 unspecified atom stereocenters. The Morgan fingerprint density at radius 3 is 2.42 bits per heavy atom. The number of imidazole rings is 1. The van der Waals surface area contributed by atoms with Gasteiger partial charge in [-0.15, -0.1) is 0 Å². The topological polar surface area (TPSA) is 112 Å². The van der Waals surface area contributed by atoms with Crippen molar-refractivity contribution in [1.82, 2.24) is 19.6 Å².